The van der Waals surface area contributed by atoms with Crippen LogP contribution >= 0.6 is 11.6 Å². The highest BCUT2D eigenvalue weighted by atomic mass is 35.5. The van der Waals surface area contributed by atoms with E-state index in [2.05, 4.69) is 5.32 Å². The van der Waals surface area contributed by atoms with E-state index in [1.807, 2.05) is 12.1 Å². The molecule has 1 aromatic carbocycles. The Morgan fingerprint density at radius 1 is 1.35 bits per heavy atom. The van der Waals surface area contributed by atoms with Gasteiger partial charge in [0, 0.05) is 18.1 Å². The average molecular weight is 253 g/mol. The molecule has 2 rings (SSSR count). The van der Waals surface area contributed by atoms with Crippen molar-refractivity contribution < 1.29 is 9.59 Å². The monoisotopic (exact) mass is 252 g/mol. The maximum absolute atomic E-state index is 11.9. The first kappa shape index (κ1) is 11.9. The Labute approximate surface area is 105 Å². The lowest BCUT2D eigenvalue weighted by Crippen LogP contribution is -2.50. The van der Waals surface area contributed by atoms with Gasteiger partial charge in [-0.25, -0.2) is 0 Å². The normalized spacial score (nSPS) is 15.6. The van der Waals surface area contributed by atoms with Crippen LogP contribution in [0.2, 0.25) is 5.02 Å². The zero-order valence-corrected chi connectivity index (χ0v) is 10.0. The zero-order chi connectivity index (χ0) is 12.3. The molecule has 1 heterocycles. The van der Waals surface area contributed by atoms with E-state index >= 15 is 0 Å². The molecular formula is C12H13ClN2O2. The van der Waals surface area contributed by atoms with Gasteiger partial charge in [0.05, 0.1) is 13.0 Å². The molecule has 0 unspecified atom stereocenters. The van der Waals surface area contributed by atoms with Crippen molar-refractivity contribution >= 4 is 23.4 Å². The van der Waals surface area contributed by atoms with Gasteiger partial charge in [-0.15, -0.1) is 0 Å². The smallest absolute Gasteiger partial charge is 0.239 e. The van der Waals surface area contributed by atoms with Crippen molar-refractivity contribution in [2.75, 3.05) is 19.6 Å². The lowest BCUT2D eigenvalue weighted by Gasteiger charge is -2.26. The number of hydrogen-bond acceptors (Lipinski definition) is 2. The Morgan fingerprint density at radius 3 is 2.71 bits per heavy atom. The third-order valence-corrected chi connectivity index (χ3v) is 2.91. The summed E-state index contributed by atoms with van der Waals surface area (Å²) in [6.07, 6.45) is 0.310. The molecule has 0 spiro atoms. The van der Waals surface area contributed by atoms with Crippen LogP contribution in [0.15, 0.2) is 24.3 Å². The third kappa shape index (κ3) is 3.20. The second-order valence-corrected chi connectivity index (χ2v) is 4.40. The largest absolute Gasteiger partial charge is 0.353 e. The summed E-state index contributed by atoms with van der Waals surface area (Å²) in [5.41, 5.74) is 0.908. The summed E-state index contributed by atoms with van der Waals surface area (Å²) in [6, 6.07) is 7.16. The van der Waals surface area contributed by atoms with E-state index in [1.165, 1.54) is 0 Å². The minimum Gasteiger partial charge on any atom is -0.353 e. The fourth-order valence-corrected chi connectivity index (χ4v) is 1.87. The molecule has 1 aromatic rings. The van der Waals surface area contributed by atoms with Gasteiger partial charge < -0.3 is 10.2 Å². The lowest BCUT2D eigenvalue weighted by atomic mass is 10.1. The quantitative estimate of drug-likeness (QED) is 0.848. The fourth-order valence-electron chi connectivity index (χ4n) is 1.74. The van der Waals surface area contributed by atoms with Gasteiger partial charge in [0.15, 0.2) is 0 Å². The van der Waals surface area contributed by atoms with Crippen molar-refractivity contribution in [1.29, 1.82) is 0 Å². The molecule has 5 heteroatoms. The molecule has 1 saturated heterocycles. The zero-order valence-electron chi connectivity index (χ0n) is 9.28. The Morgan fingerprint density at radius 2 is 2.06 bits per heavy atom. The molecule has 17 heavy (non-hydrogen) atoms. The third-order valence-electron chi connectivity index (χ3n) is 2.66. The van der Waals surface area contributed by atoms with E-state index in [4.69, 9.17) is 11.6 Å². The van der Waals surface area contributed by atoms with Crippen molar-refractivity contribution in [3.63, 3.8) is 0 Å². The van der Waals surface area contributed by atoms with Crippen molar-refractivity contribution in [2.24, 2.45) is 0 Å². The van der Waals surface area contributed by atoms with E-state index < -0.39 is 0 Å². The number of nitrogens with one attached hydrogen (secondary N) is 1. The number of carbonyl (C=O) groups is 2. The van der Waals surface area contributed by atoms with Crippen LogP contribution in [0.1, 0.15) is 5.56 Å². The summed E-state index contributed by atoms with van der Waals surface area (Å²) in [5.74, 6) is -0.122. The first-order valence-electron chi connectivity index (χ1n) is 5.44. The van der Waals surface area contributed by atoms with Crippen molar-refractivity contribution in [2.45, 2.75) is 6.42 Å². The van der Waals surface area contributed by atoms with Gasteiger partial charge in [-0.3, -0.25) is 9.59 Å². The summed E-state index contributed by atoms with van der Waals surface area (Å²) in [7, 11) is 0. The standard InChI is InChI=1S/C12H13ClN2O2/c13-10-3-1-9(2-4-10)7-12(17)15-6-5-14-11(16)8-15/h1-4H,5-8H2,(H,14,16). The molecule has 0 radical (unpaired) electrons. The maximum atomic E-state index is 11.9. The number of amides is 2. The SMILES string of the molecule is O=C1CN(C(=O)Cc2ccc(Cl)cc2)CCN1. The minimum atomic E-state index is -0.0966. The Kier molecular flexibility index (Phi) is 3.64. The van der Waals surface area contributed by atoms with Crippen LogP contribution in [0.5, 0.6) is 0 Å². The molecule has 0 atom stereocenters. The minimum absolute atomic E-state index is 0.0258. The van der Waals surface area contributed by atoms with Crippen LogP contribution in [-0.4, -0.2) is 36.3 Å². The molecule has 0 bridgehead atoms. The van der Waals surface area contributed by atoms with Crippen molar-refractivity contribution in [3.8, 4) is 0 Å². The summed E-state index contributed by atoms with van der Waals surface area (Å²) in [6.45, 7) is 1.27. The predicted molar refractivity (Wildman–Crippen MR) is 64.7 cm³/mol. The van der Waals surface area contributed by atoms with Crippen molar-refractivity contribution in [3.05, 3.63) is 34.9 Å². The van der Waals surface area contributed by atoms with Crippen LogP contribution in [0.25, 0.3) is 0 Å². The van der Waals surface area contributed by atoms with Crippen LogP contribution in [-0.2, 0) is 16.0 Å². The molecule has 90 valence electrons. The Hall–Kier alpha value is -1.55. The first-order chi connectivity index (χ1) is 8.15. The summed E-state index contributed by atoms with van der Waals surface area (Å²) >= 11 is 5.77. The molecule has 0 saturated carbocycles. The van der Waals surface area contributed by atoms with Gasteiger partial charge in [-0.2, -0.15) is 0 Å². The molecule has 4 nitrogen and oxygen atoms in total. The van der Waals surface area contributed by atoms with Crippen LogP contribution in [0, 0.1) is 0 Å². The summed E-state index contributed by atoms with van der Waals surface area (Å²) < 4.78 is 0. The van der Waals surface area contributed by atoms with Gasteiger partial charge in [0.2, 0.25) is 11.8 Å². The fraction of sp³-hybridized carbons (Fsp3) is 0.333. The second kappa shape index (κ2) is 5.19. The number of benzene rings is 1. The van der Waals surface area contributed by atoms with Gasteiger partial charge in [-0.1, -0.05) is 23.7 Å². The van der Waals surface area contributed by atoms with Crippen molar-refractivity contribution in [1.82, 2.24) is 10.2 Å². The van der Waals surface area contributed by atoms with Crippen LogP contribution < -0.4 is 5.32 Å². The van der Waals surface area contributed by atoms with E-state index in [0.717, 1.165) is 5.56 Å². The van der Waals surface area contributed by atoms with Gasteiger partial charge >= 0.3 is 0 Å². The topological polar surface area (TPSA) is 49.4 Å². The van der Waals surface area contributed by atoms with Gasteiger partial charge in [0.1, 0.15) is 0 Å². The highest BCUT2D eigenvalue weighted by Gasteiger charge is 2.20. The number of rotatable bonds is 2. The Bertz CT molecular complexity index is 431. The summed E-state index contributed by atoms with van der Waals surface area (Å²) in [5, 5.41) is 3.34. The maximum Gasteiger partial charge on any atom is 0.239 e. The van der Waals surface area contributed by atoms with E-state index in [1.54, 1.807) is 17.0 Å². The van der Waals surface area contributed by atoms with E-state index in [0.29, 0.717) is 24.5 Å². The number of carbonyl (C=O) groups excluding carboxylic acids is 2. The molecular weight excluding hydrogens is 240 g/mol. The molecule has 0 aliphatic carbocycles. The van der Waals surface area contributed by atoms with Gasteiger partial charge in [-0.05, 0) is 17.7 Å². The lowest BCUT2D eigenvalue weighted by molar-refractivity contribution is -0.137. The van der Waals surface area contributed by atoms with Gasteiger partial charge in [0.25, 0.3) is 0 Å². The number of piperazine rings is 1. The van der Waals surface area contributed by atoms with E-state index in [-0.39, 0.29) is 18.4 Å². The number of nitrogens with zero attached hydrogens (tertiary/aromatic N) is 1. The van der Waals surface area contributed by atoms with Crippen LogP contribution in [0.4, 0.5) is 0 Å². The first-order valence-corrected chi connectivity index (χ1v) is 5.82. The molecule has 1 fully saturated rings. The molecule has 1 aliphatic rings. The highest BCUT2D eigenvalue weighted by Crippen LogP contribution is 2.11. The average Bonchev–Trinajstić information content (AvgIpc) is 2.32. The number of hydrogen-bond donors (Lipinski definition) is 1. The molecule has 0 aromatic heterocycles. The highest BCUT2D eigenvalue weighted by molar-refractivity contribution is 6.30. The molecule has 1 N–H and O–H groups in total. The second-order valence-electron chi connectivity index (χ2n) is 3.97. The van der Waals surface area contributed by atoms with E-state index in [9.17, 15) is 9.59 Å². The Balaban J connectivity index is 1.96. The summed E-state index contributed by atoms with van der Waals surface area (Å²) in [4.78, 5) is 24.6. The molecule has 1 aliphatic heterocycles. The predicted octanol–water partition coefficient (Wildman–Crippen LogP) is 0.841. The number of halogens is 1. The van der Waals surface area contributed by atoms with Crippen LogP contribution in [0.3, 0.4) is 0 Å². The molecule has 2 amide bonds.